The van der Waals surface area contributed by atoms with Gasteiger partial charge in [0.2, 0.25) is 0 Å². The van der Waals surface area contributed by atoms with Gasteiger partial charge >= 0.3 is 27.6 Å². The van der Waals surface area contributed by atoms with Crippen molar-refractivity contribution in [2.24, 2.45) is 0 Å². The van der Waals surface area contributed by atoms with Crippen molar-refractivity contribution in [3.8, 4) is 0 Å². The fourth-order valence-corrected chi connectivity index (χ4v) is 6.35. The quantitative estimate of drug-likeness (QED) is 0.0168. The molecule has 0 aliphatic carbocycles. The van der Waals surface area contributed by atoms with E-state index in [0.29, 0.717) is 19.3 Å². The zero-order valence-electron chi connectivity index (χ0n) is 34.8. The SMILES string of the molecule is CCCCCC/C=C\CCCCCCCC(=O)OC[C@H](COP(=O)(O)OC[C@@H](O)COP(=O)(O)O)OC(=O)CCC/C=C\C/C=C\C/C=C\C/C=C\CCCCCO. The highest BCUT2D eigenvalue weighted by Crippen LogP contribution is 2.43. The lowest BCUT2D eigenvalue weighted by Crippen LogP contribution is -2.29. The van der Waals surface area contributed by atoms with Gasteiger partial charge in [0.25, 0.3) is 0 Å². The molecule has 0 radical (unpaired) electrons. The Morgan fingerprint density at radius 3 is 1.55 bits per heavy atom. The number of carbonyl (C=O) groups excluding carboxylic acids is 2. The number of carbonyl (C=O) groups is 2. The number of hydrogen-bond donors (Lipinski definition) is 5. The second-order valence-electron chi connectivity index (χ2n) is 14.0. The molecule has 336 valence electrons. The predicted octanol–water partition coefficient (Wildman–Crippen LogP) is 9.42. The number of rotatable bonds is 40. The third-order valence-corrected chi connectivity index (χ3v) is 9.86. The smallest absolute Gasteiger partial charge is 0.462 e. The Balaban J connectivity index is 4.65. The minimum atomic E-state index is -4.87. The number of aliphatic hydroxyl groups excluding tert-OH is 2. The summed E-state index contributed by atoms with van der Waals surface area (Å²) in [5.41, 5.74) is 0. The summed E-state index contributed by atoms with van der Waals surface area (Å²) < 4.78 is 47.6. The lowest BCUT2D eigenvalue weighted by molar-refractivity contribution is -0.161. The van der Waals surface area contributed by atoms with Crippen LogP contribution in [0.25, 0.3) is 0 Å². The van der Waals surface area contributed by atoms with E-state index in [2.05, 4.69) is 64.6 Å². The third-order valence-electron chi connectivity index (χ3n) is 8.42. The van der Waals surface area contributed by atoms with Gasteiger partial charge in [0.05, 0.1) is 19.8 Å². The van der Waals surface area contributed by atoms with Crippen LogP contribution in [-0.4, -0.2) is 82.1 Å². The highest BCUT2D eigenvalue weighted by atomic mass is 31.2. The normalized spacial score (nSPS) is 14.7. The van der Waals surface area contributed by atoms with Crippen molar-refractivity contribution in [3.05, 3.63) is 60.8 Å². The number of phosphoric ester groups is 2. The number of hydrogen-bond acceptors (Lipinski definition) is 11. The first-order valence-corrected chi connectivity index (χ1v) is 24.1. The molecule has 1 unspecified atom stereocenters. The van der Waals surface area contributed by atoms with Crippen LogP contribution in [0.4, 0.5) is 0 Å². The fourth-order valence-electron chi connectivity index (χ4n) is 5.20. The molecule has 0 aromatic carbocycles. The van der Waals surface area contributed by atoms with Gasteiger partial charge in [-0.05, 0) is 83.5 Å². The van der Waals surface area contributed by atoms with Crippen molar-refractivity contribution in [1.29, 1.82) is 0 Å². The standard InChI is InChI=1S/C42H74O14P2/c1-2-3-4-5-6-7-8-14-17-20-23-26-29-32-41(45)52-37-40(38-55-58(50,51)54-36-39(44)35-53-57(47,48)49)56-42(46)33-30-27-24-21-18-15-12-10-9-11-13-16-19-22-25-28-31-34-43/h7-9,11-12,15-16,19,21,24,39-40,43-44H,2-6,10,13-14,17-18,20,22-23,25-38H2,1H3,(H,50,51)(H2,47,48,49)/b8-7-,11-9-,15-12-,19-16-,24-21-/t39-,40+/m0/s1. The van der Waals surface area contributed by atoms with Crippen LogP contribution in [0.5, 0.6) is 0 Å². The van der Waals surface area contributed by atoms with Crippen molar-refractivity contribution in [3.63, 3.8) is 0 Å². The molecule has 0 saturated heterocycles. The lowest BCUT2D eigenvalue weighted by atomic mass is 10.1. The average Bonchev–Trinajstić information content (AvgIpc) is 3.18. The minimum absolute atomic E-state index is 0.0420. The predicted molar refractivity (Wildman–Crippen MR) is 227 cm³/mol. The molecular weight excluding hydrogens is 790 g/mol. The highest BCUT2D eigenvalue weighted by molar-refractivity contribution is 7.47. The van der Waals surface area contributed by atoms with E-state index in [4.69, 9.17) is 28.9 Å². The van der Waals surface area contributed by atoms with E-state index in [1.54, 1.807) is 0 Å². The van der Waals surface area contributed by atoms with Gasteiger partial charge in [-0.25, -0.2) is 9.13 Å². The van der Waals surface area contributed by atoms with Crippen molar-refractivity contribution in [1.82, 2.24) is 0 Å². The van der Waals surface area contributed by atoms with E-state index in [0.717, 1.165) is 83.5 Å². The molecular formula is C42H74O14P2. The van der Waals surface area contributed by atoms with Gasteiger partial charge in [0, 0.05) is 19.4 Å². The van der Waals surface area contributed by atoms with Gasteiger partial charge in [-0.3, -0.25) is 23.2 Å². The number of phosphoric acid groups is 2. The van der Waals surface area contributed by atoms with Crippen LogP contribution in [0.1, 0.15) is 148 Å². The Morgan fingerprint density at radius 2 is 0.983 bits per heavy atom. The van der Waals surface area contributed by atoms with Gasteiger partial charge in [-0.1, -0.05) is 113 Å². The molecule has 0 aliphatic rings. The molecule has 0 heterocycles. The molecule has 0 amide bonds. The first-order valence-electron chi connectivity index (χ1n) is 21.1. The van der Waals surface area contributed by atoms with E-state index in [1.165, 1.54) is 25.7 Å². The van der Waals surface area contributed by atoms with Gasteiger partial charge in [-0.2, -0.15) is 0 Å². The highest BCUT2D eigenvalue weighted by Gasteiger charge is 2.28. The summed E-state index contributed by atoms with van der Waals surface area (Å²) in [4.78, 5) is 52.6. The summed E-state index contributed by atoms with van der Waals surface area (Å²) in [6.07, 6.45) is 38.1. The monoisotopic (exact) mass is 864 g/mol. The molecule has 58 heavy (non-hydrogen) atoms. The minimum Gasteiger partial charge on any atom is -0.462 e. The maximum atomic E-state index is 12.6. The summed E-state index contributed by atoms with van der Waals surface area (Å²) in [6, 6.07) is 0. The Labute approximate surface area is 347 Å². The number of allylic oxidation sites excluding steroid dienone is 10. The number of esters is 2. The van der Waals surface area contributed by atoms with Crippen LogP contribution >= 0.6 is 15.6 Å². The molecule has 3 atom stereocenters. The summed E-state index contributed by atoms with van der Waals surface area (Å²) in [7, 11) is -9.70. The Kier molecular flexibility index (Phi) is 37.5. The first kappa shape index (κ1) is 55.8. The number of ether oxygens (including phenoxy) is 2. The summed E-state index contributed by atoms with van der Waals surface area (Å²) in [5, 5.41) is 18.5. The molecule has 0 fully saturated rings. The van der Waals surface area contributed by atoms with Crippen molar-refractivity contribution < 1.29 is 66.7 Å². The van der Waals surface area contributed by atoms with Crippen LogP contribution in [0, 0.1) is 0 Å². The van der Waals surface area contributed by atoms with Crippen LogP contribution in [0.3, 0.4) is 0 Å². The zero-order chi connectivity index (χ0) is 43.0. The van der Waals surface area contributed by atoms with E-state index >= 15 is 0 Å². The topological polar surface area (TPSA) is 216 Å². The van der Waals surface area contributed by atoms with E-state index in [9.17, 15) is 28.7 Å². The van der Waals surface area contributed by atoms with Gasteiger partial charge in [-0.15, -0.1) is 0 Å². The summed E-state index contributed by atoms with van der Waals surface area (Å²) in [5.74, 6) is -1.13. The fraction of sp³-hybridized carbons (Fsp3) is 0.714. The number of aliphatic hydroxyl groups is 2. The van der Waals surface area contributed by atoms with Crippen LogP contribution in [0.15, 0.2) is 60.8 Å². The Hall–Kier alpha value is -2.22. The molecule has 0 spiro atoms. The van der Waals surface area contributed by atoms with Gasteiger partial charge < -0.3 is 34.4 Å². The second-order valence-corrected chi connectivity index (χ2v) is 16.7. The first-order chi connectivity index (χ1) is 27.9. The Morgan fingerprint density at radius 1 is 0.534 bits per heavy atom. The molecule has 0 rings (SSSR count). The van der Waals surface area contributed by atoms with Crippen molar-refractivity contribution in [2.75, 3.05) is 33.0 Å². The molecule has 14 nitrogen and oxygen atoms in total. The van der Waals surface area contributed by atoms with Crippen LogP contribution in [0.2, 0.25) is 0 Å². The molecule has 0 saturated carbocycles. The van der Waals surface area contributed by atoms with E-state index in [-0.39, 0.29) is 19.4 Å². The lowest BCUT2D eigenvalue weighted by Gasteiger charge is -2.20. The molecule has 0 bridgehead atoms. The molecule has 5 N–H and O–H groups in total. The number of unbranched alkanes of at least 4 members (excludes halogenated alkanes) is 13. The van der Waals surface area contributed by atoms with Gasteiger partial charge in [0.15, 0.2) is 6.10 Å². The van der Waals surface area contributed by atoms with Crippen molar-refractivity contribution >= 4 is 27.6 Å². The zero-order valence-corrected chi connectivity index (χ0v) is 36.6. The Bertz CT molecular complexity index is 1260. The second kappa shape index (κ2) is 38.9. The molecule has 16 heteroatoms. The maximum Gasteiger partial charge on any atom is 0.472 e. The molecule has 0 aliphatic heterocycles. The van der Waals surface area contributed by atoms with E-state index < -0.39 is 66.2 Å². The average molecular weight is 865 g/mol. The largest absolute Gasteiger partial charge is 0.472 e. The van der Waals surface area contributed by atoms with E-state index in [1.807, 2.05) is 12.2 Å². The van der Waals surface area contributed by atoms with Crippen LogP contribution in [-0.2, 0) is 41.8 Å². The van der Waals surface area contributed by atoms with Crippen molar-refractivity contribution in [2.45, 2.75) is 160 Å². The molecule has 0 aromatic rings. The van der Waals surface area contributed by atoms with Crippen LogP contribution < -0.4 is 0 Å². The maximum absolute atomic E-state index is 12.6. The third kappa shape index (κ3) is 41.9. The summed E-state index contributed by atoms with van der Waals surface area (Å²) in [6.45, 7) is -0.341. The summed E-state index contributed by atoms with van der Waals surface area (Å²) >= 11 is 0. The van der Waals surface area contributed by atoms with Gasteiger partial charge in [0.1, 0.15) is 12.7 Å². The molecule has 0 aromatic heterocycles.